The van der Waals surface area contributed by atoms with Crippen molar-refractivity contribution in [1.82, 2.24) is 10.2 Å². The zero-order valence-corrected chi connectivity index (χ0v) is 14.4. The molecule has 1 aliphatic heterocycles. The van der Waals surface area contributed by atoms with Gasteiger partial charge < -0.3 is 5.32 Å². The van der Waals surface area contributed by atoms with Gasteiger partial charge in [-0.2, -0.15) is 0 Å². The van der Waals surface area contributed by atoms with E-state index in [1.54, 1.807) is 11.3 Å². The molecule has 0 aromatic carbocycles. The van der Waals surface area contributed by atoms with E-state index in [2.05, 4.69) is 47.7 Å². The molecule has 3 rings (SSSR count). The fourth-order valence-corrected chi connectivity index (χ4v) is 5.95. The molecule has 0 amide bonds. The second-order valence-corrected chi connectivity index (χ2v) is 9.31. The lowest BCUT2D eigenvalue weighted by Gasteiger charge is -2.27. The van der Waals surface area contributed by atoms with Crippen molar-refractivity contribution in [2.24, 2.45) is 5.92 Å². The number of rotatable bonds is 4. The third-order valence-electron chi connectivity index (χ3n) is 3.26. The van der Waals surface area contributed by atoms with Gasteiger partial charge in [0.25, 0.3) is 0 Å². The van der Waals surface area contributed by atoms with Crippen LogP contribution in [0.4, 0.5) is 5.13 Å². The zero-order valence-electron chi connectivity index (χ0n) is 11.9. The Bertz CT molecular complexity index is 576. The standard InChI is InChI=1S/C14H19N3S3/c1-8(2)6-12-16-17-14(20-12)15-11-7-9(3)19-13-10(11)4-5-18-13/h4-5,8-9,11H,6-7H2,1-3H3,(H,15,17)/t9-,11?/m0/s1. The molecule has 3 heterocycles. The van der Waals surface area contributed by atoms with Crippen molar-refractivity contribution in [2.45, 2.75) is 49.1 Å². The van der Waals surface area contributed by atoms with Crippen LogP contribution in [-0.2, 0) is 6.42 Å². The Hall–Kier alpha value is -0.590. The molecule has 0 aliphatic carbocycles. The average Bonchev–Trinajstić information content (AvgIpc) is 2.97. The largest absolute Gasteiger partial charge is 0.353 e. The molecule has 0 bridgehead atoms. The van der Waals surface area contributed by atoms with E-state index in [1.165, 1.54) is 9.77 Å². The molecular formula is C14H19N3S3. The van der Waals surface area contributed by atoms with Gasteiger partial charge in [-0.05, 0) is 29.3 Å². The summed E-state index contributed by atoms with van der Waals surface area (Å²) in [6.07, 6.45) is 2.16. The van der Waals surface area contributed by atoms with Crippen molar-refractivity contribution >= 4 is 39.6 Å². The SMILES string of the molecule is CC(C)Cc1nnc(NC2C[C@H](C)Sc3sccc32)s1. The van der Waals surface area contributed by atoms with Gasteiger partial charge in [-0.15, -0.1) is 33.3 Å². The maximum Gasteiger partial charge on any atom is 0.206 e. The van der Waals surface area contributed by atoms with Crippen LogP contribution in [0, 0.1) is 5.92 Å². The van der Waals surface area contributed by atoms with Gasteiger partial charge in [0.05, 0.1) is 10.3 Å². The summed E-state index contributed by atoms with van der Waals surface area (Å²) in [5, 5.41) is 17.1. The molecule has 1 unspecified atom stereocenters. The number of nitrogens with zero attached hydrogens (tertiary/aromatic N) is 2. The monoisotopic (exact) mass is 325 g/mol. The van der Waals surface area contributed by atoms with E-state index in [1.807, 2.05) is 23.1 Å². The Morgan fingerprint density at radius 3 is 3.05 bits per heavy atom. The third kappa shape index (κ3) is 3.18. The molecule has 2 aromatic heterocycles. The number of aromatic nitrogens is 2. The van der Waals surface area contributed by atoms with Crippen molar-refractivity contribution in [2.75, 3.05) is 5.32 Å². The summed E-state index contributed by atoms with van der Waals surface area (Å²) in [5.74, 6) is 0.630. The molecule has 0 radical (unpaired) electrons. The first-order chi connectivity index (χ1) is 9.61. The van der Waals surface area contributed by atoms with Gasteiger partial charge in [-0.25, -0.2) is 0 Å². The van der Waals surface area contributed by atoms with Crippen LogP contribution in [0.25, 0.3) is 0 Å². The second kappa shape index (κ2) is 6.03. The predicted molar refractivity (Wildman–Crippen MR) is 89.1 cm³/mol. The number of anilines is 1. The Kier molecular flexibility index (Phi) is 4.33. The van der Waals surface area contributed by atoms with E-state index in [4.69, 9.17) is 0 Å². The molecular weight excluding hydrogens is 306 g/mol. The lowest BCUT2D eigenvalue weighted by Crippen LogP contribution is -2.18. The van der Waals surface area contributed by atoms with Crippen molar-refractivity contribution in [1.29, 1.82) is 0 Å². The molecule has 0 saturated carbocycles. The zero-order chi connectivity index (χ0) is 14.1. The van der Waals surface area contributed by atoms with Crippen LogP contribution in [0.3, 0.4) is 0 Å². The minimum atomic E-state index is 0.382. The number of thiophene rings is 1. The van der Waals surface area contributed by atoms with Crippen molar-refractivity contribution in [3.8, 4) is 0 Å². The lowest BCUT2D eigenvalue weighted by molar-refractivity contribution is 0.639. The molecule has 3 nitrogen and oxygen atoms in total. The highest BCUT2D eigenvalue weighted by atomic mass is 32.2. The molecule has 1 N–H and O–H groups in total. The van der Waals surface area contributed by atoms with Crippen molar-refractivity contribution < 1.29 is 0 Å². The Labute approximate surface area is 132 Å². The second-order valence-electron chi connectivity index (χ2n) is 5.62. The van der Waals surface area contributed by atoms with Gasteiger partial charge in [-0.1, -0.05) is 32.1 Å². The van der Waals surface area contributed by atoms with Gasteiger partial charge in [0, 0.05) is 11.7 Å². The maximum atomic E-state index is 4.30. The average molecular weight is 326 g/mol. The third-order valence-corrected chi connectivity index (χ3v) is 6.48. The van der Waals surface area contributed by atoms with Gasteiger partial charge in [0.15, 0.2) is 0 Å². The van der Waals surface area contributed by atoms with E-state index < -0.39 is 0 Å². The summed E-state index contributed by atoms with van der Waals surface area (Å²) in [5.41, 5.74) is 1.43. The molecule has 6 heteroatoms. The summed E-state index contributed by atoms with van der Waals surface area (Å²) in [6.45, 7) is 6.73. The molecule has 108 valence electrons. The number of fused-ring (bicyclic) bond motifs is 1. The first-order valence-electron chi connectivity index (χ1n) is 6.94. The number of hydrogen-bond donors (Lipinski definition) is 1. The van der Waals surface area contributed by atoms with Gasteiger partial charge in [-0.3, -0.25) is 0 Å². The molecule has 20 heavy (non-hydrogen) atoms. The Morgan fingerprint density at radius 2 is 2.25 bits per heavy atom. The van der Waals surface area contributed by atoms with E-state index in [0.717, 1.165) is 23.0 Å². The highest BCUT2D eigenvalue weighted by molar-refractivity contribution is 8.01. The molecule has 0 fully saturated rings. The van der Waals surface area contributed by atoms with Crippen LogP contribution in [-0.4, -0.2) is 15.4 Å². The predicted octanol–water partition coefficient (Wildman–Crippen LogP) is 4.84. The Balaban J connectivity index is 1.73. The topological polar surface area (TPSA) is 37.8 Å². The number of nitrogens with one attached hydrogen (secondary N) is 1. The summed E-state index contributed by atoms with van der Waals surface area (Å²) in [7, 11) is 0. The highest BCUT2D eigenvalue weighted by Gasteiger charge is 2.27. The molecule has 2 aromatic rings. The first kappa shape index (κ1) is 14.4. The Morgan fingerprint density at radius 1 is 1.40 bits per heavy atom. The molecule has 1 aliphatic rings. The van der Waals surface area contributed by atoms with Crippen LogP contribution in [0.5, 0.6) is 0 Å². The van der Waals surface area contributed by atoms with E-state index in [-0.39, 0.29) is 0 Å². The van der Waals surface area contributed by atoms with Crippen molar-refractivity contribution in [3.63, 3.8) is 0 Å². The smallest absolute Gasteiger partial charge is 0.206 e. The molecule has 0 saturated heterocycles. The molecule has 0 spiro atoms. The maximum absolute atomic E-state index is 4.30. The fraction of sp³-hybridized carbons (Fsp3) is 0.571. The summed E-state index contributed by atoms with van der Waals surface area (Å²) >= 11 is 5.54. The van der Waals surface area contributed by atoms with E-state index in [9.17, 15) is 0 Å². The van der Waals surface area contributed by atoms with Crippen LogP contribution >= 0.6 is 34.4 Å². The summed E-state index contributed by atoms with van der Waals surface area (Å²) in [6, 6.07) is 2.62. The normalized spacial score (nSPS) is 22.0. The fourth-order valence-electron chi connectivity index (χ4n) is 2.38. The first-order valence-corrected chi connectivity index (χ1v) is 9.52. The van der Waals surface area contributed by atoms with Gasteiger partial charge in [0.2, 0.25) is 5.13 Å². The number of hydrogen-bond acceptors (Lipinski definition) is 6. The lowest BCUT2D eigenvalue weighted by atomic mass is 10.1. The van der Waals surface area contributed by atoms with Crippen LogP contribution in [0.1, 0.15) is 43.8 Å². The van der Waals surface area contributed by atoms with Crippen LogP contribution in [0.2, 0.25) is 0 Å². The quantitative estimate of drug-likeness (QED) is 0.873. The number of thioether (sulfide) groups is 1. The van der Waals surface area contributed by atoms with Crippen molar-refractivity contribution in [3.05, 3.63) is 22.0 Å². The summed E-state index contributed by atoms with van der Waals surface area (Å²) < 4.78 is 1.45. The van der Waals surface area contributed by atoms with Crippen LogP contribution < -0.4 is 5.32 Å². The van der Waals surface area contributed by atoms with Crippen LogP contribution in [0.15, 0.2) is 15.7 Å². The minimum Gasteiger partial charge on any atom is -0.353 e. The minimum absolute atomic E-state index is 0.382. The highest BCUT2D eigenvalue weighted by Crippen LogP contribution is 2.45. The van der Waals surface area contributed by atoms with E-state index >= 15 is 0 Å². The van der Waals surface area contributed by atoms with Gasteiger partial charge in [0.1, 0.15) is 5.01 Å². The van der Waals surface area contributed by atoms with Gasteiger partial charge >= 0.3 is 0 Å². The summed E-state index contributed by atoms with van der Waals surface area (Å²) in [4.78, 5) is 0. The van der Waals surface area contributed by atoms with E-state index in [0.29, 0.717) is 17.2 Å². The molecule has 2 atom stereocenters.